The van der Waals surface area contributed by atoms with Gasteiger partial charge in [0, 0.05) is 5.39 Å². The summed E-state index contributed by atoms with van der Waals surface area (Å²) in [5.41, 5.74) is -0.767. The first kappa shape index (κ1) is 16.7. The van der Waals surface area contributed by atoms with Gasteiger partial charge < -0.3 is 14.8 Å². The SMILES string of the molecule is CC(Nc1c([N+](=O)[O-])c(=O)oc2ccccc12)C(O)c1ccccc1. The molecule has 0 aliphatic heterocycles. The van der Waals surface area contributed by atoms with Gasteiger partial charge in [-0.1, -0.05) is 42.5 Å². The van der Waals surface area contributed by atoms with Gasteiger partial charge in [0.15, 0.2) is 0 Å². The van der Waals surface area contributed by atoms with Crippen molar-refractivity contribution in [3.8, 4) is 0 Å². The molecule has 7 nitrogen and oxygen atoms in total. The Bertz CT molecular complexity index is 968. The van der Waals surface area contributed by atoms with Gasteiger partial charge in [0.25, 0.3) is 0 Å². The molecule has 0 fully saturated rings. The number of nitro groups is 1. The molecule has 128 valence electrons. The van der Waals surface area contributed by atoms with Crippen LogP contribution in [0, 0.1) is 10.1 Å². The fourth-order valence-electron chi connectivity index (χ4n) is 2.70. The molecule has 0 bridgehead atoms. The first-order chi connectivity index (χ1) is 12.0. The summed E-state index contributed by atoms with van der Waals surface area (Å²) in [7, 11) is 0. The highest BCUT2D eigenvalue weighted by molar-refractivity contribution is 5.94. The summed E-state index contributed by atoms with van der Waals surface area (Å²) in [5.74, 6) is 0. The molecule has 3 aromatic rings. The van der Waals surface area contributed by atoms with Crippen LogP contribution < -0.4 is 10.9 Å². The average molecular weight is 340 g/mol. The summed E-state index contributed by atoms with van der Waals surface area (Å²) >= 11 is 0. The molecule has 2 unspecified atom stereocenters. The highest BCUT2D eigenvalue weighted by Crippen LogP contribution is 2.32. The van der Waals surface area contributed by atoms with E-state index in [4.69, 9.17) is 4.42 Å². The molecule has 2 atom stereocenters. The predicted molar refractivity (Wildman–Crippen MR) is 93.6 cm³/mol. The van der Waals surface area contributed by atoms with Gasteiger partial charge in [0.2, 0.25) is 0 Å². The number of anilines is 1. The third kappa shape index (κ3) is 3.22. The Hall–Kier alpha value is -3.19. The molecular formula is C18H16N2O5. The van der Waals surface area contributed by atoms with Crippen LogP contribution in [0.15, 0.2) is 63.8 Å². The molecule has 3 rings (SSSR count). The minimum atomic E-state index is -1.03. The van der Waals surface area contributed by atoms with Gasteiger partial charge in [-0.2, -0.15) is 0 Å². The van der Waals surface area contributed by atoms with Crippen LogP contribution in [0.2, 0.25) is 0 Å². The van der Waals surface area contributed by atoms with Crippen molar-refractivity contribution in [2.75, 3.05) is 5.32 Å². The molecule has 0 radical (unpaired) electrons. The van der Waals surface area contributed by atoms with E-state index in [0.717, 1.165) is 0 Å². The Morgan fingerprint density at radius 1 is 1.12 bits per heavy atom. The molecule has 25 heavy (non-hydrogen) atoms. The summed E-state index contributed by atoms with van der Waals surface area (Å²) < 4.78 is 5.02. The van der Waals surface area contributed by atoms with Crippen molar-refractivity contribution in [1.29, 1.82) is 0 Å². The molecule has 2 N–H and O–H groups in total. The molecular weight excluding hydrogens is 324 g/mol. The van der Waals surface area contributed by atoms with Crippen LogP contribution >= 0.6 is 0 Å². The normalized spacial score (nSPS) is 13.4. The zero-order chi connectivity index (χ0) is 18.0. The molecule has 0 spiro atoms. The maximum absolute atomic E-state index is 12.0. The van der Waals surface area contributed by atoms with Crippen LogP contribution in [0.3, 0.4) is 0 Å². The maximum atomic E-state index is 12.0. The van der Waals surface area contributed by atoms with Crippen LogP contribution in [0.4, 0.5) is 11.4 Å². The third-order valence-electron chi connectivity index (χ3n) is 3.96. The third-order valence-corrected chi connectivity index (χ3v) is 3.96. The van der Waals surface area contributed by atoms with Gasteiger partial charge in [-0.3, -0.25) is 10.1 Å². The second-order valence-corrected chi connectivity index (χ2v) is 5.65. The minimum absolute atomic E-state index is 0.0410. The lowest BCUT2D eigenvalue weighted by Crippen LogP contribution is -2.25. The first-order valence-electron chi connectivity index (χ1n) is 7.69. The van der Waals surface area contributed by atoms with E-state index in [-0.39, 0.29) is 11.3 Å². The molecule has 1 aromatic heterocycles. The summed E-state index contributed by atoms with van der Waals surface area (Å²) in [4.78, 5) is 22.6. The van der Waals surface area contributed by atoms with E-state index in [1.54, 1.807) is 55.5 Å². The van der Waals surface area contributed by atoms with Gasteiger partial charge in [0.1, 0.15) is 11.3 Å². The number of aliphatic hydroxyl groups excluding tert-OH is 1. The van der Waals surface area contributed by atoms with E-state index in [1.807, 2.05) is 6.07 Å². The lowest BCUT2D eigenvalue weighted by Gasteiger charge is -2.22. The second-order valence-electron chi connectivity index (χ2n) is 5.65. The predicted octanol–water partition coefficient (Wildman–Crippen LogP) is 3.24. The zero-order valence-corrected chi connectivity index (χ0v) is 13.4. The number of nitrogens with zero attached hydrogens (tertiary/aromatic N) is 1. The van der Waals surface area contributed by atoms with E-state index < -0.39 is 28.4 Å². The number of para-hydroxylation sites is 1. The second kappa shape index (κ2) is 6.74. The number of benzene rings is 2. The Morgan fingerprint density at radius 3 is 2.44 bits per heavy atom. The molecule has 2 aromatic carbocycles. The smallest absolute Gasteiger partial charge is 0.417 e. The highest BCUT2D eigenvalue weighted by atomic mass is 16.6. The lowest BCUT2D eigenvalue weighted by molar-refractivity contribution is -0.386. The van der Waals surface area contributed by atoms with Crippen LogP contribution in [-0.2, 0) is 0 Å². The molecule has 0 amide bonds. The standard InChI is InChI=1S/C18H16N2O5/c1-11(17(21)12-7-3-2-4-8-12)19-15-13-9-5-6-10-14(13)25-18(22)16(15)20(23)24/h2-11,17,19,21H,1H3. The number of rotatable bonds is 5. The van der Waals surface area contributed by atoms with Crippen LogP contribution in [0.25, 0.3) is 11.0 Å². The Labute approximate surface area is 142 Å². The fraction of sp³-hybridized carbons (Fsp3) is 0.167. The van der Waals surface area contributed by atoms with Crippen molar-refractivity contribution in [3.63, 3.8) is 0 Å². The van der Waals surface area contributed by atoms with Crippen molar-refractivity contribution in [2.24, 2.45) is 0 Å². The van der Waals surface area contributed by atoms with Crippen molar-refractivity contribution in [3.05, 3.63) is 80.7 Å². The first-order valence-corrected chi connectivity index (χ1v) is 7.69. The van der Waals surface area contributed by atoms with Crippen molar-refractivity contribution >= 4 is 22.3 Å². The number of hydrogen-bond donors (Lipinski definition) is 2. The van der Waals surface area contributed by atoms with E-state index in [0.29, 0.717) is 10.9 Å². The average Bonchev–Trinajstić information content (AvgIpc) is 2.61. The Balaban J connectivity index is 2.07. The van der Waals surface area contributed by atoms with Crippen molar-refractivity contribution in [2.45, 2.75) is 19.1 Å². The van der Waals surface area contributed by atoms with Crippen LogP contribution in [0.5, 0.6) is 0 Å². The highest BCUT2D eigenvalue weighted by Gasteiger charge is 2.27. The van der Waals surface area contributed by atoms with Crippen LogP contribution in [0.1, 0.15) is 18.6 Å². The lowest BCUT2D eigenvalue weighted by atomic mass is 10.0. The van der Waals surface area contributed by atoms with Crippen molar-refractivity contribution in [1.82, 2.24) is 0 Å². The molecule has 0 aliphatic rings. The number of hydrogen-bond acceptors (Lipinski definition) is 6. The maximum Gasteiger partial charge on any atom is 0.417 e. The molecule has 1 heterocycles. The van der Waals surface area contributed by atoms with Gasteiger partial charge in [-0.25, -0.2) is 4.79 Å². The Kier molecular flexibility index (Phi) is 4.49. The van der Waals surface area contributed by atoms with Crippen LogP contribution in [-0.4, -0.2) is 16.1 Å². The molecule has 0 saturated carbocycles. The van der Waals surface area contributed by atoms with Gasteiger partial charge in [-0.15, -0.1) is 0 Å². The van der Waals surface area contributed by atoms with Gasteiger partial charge >= 0.3 is 11.3 Å². The summed E-state index contributed by atoms with van der Waals surface area (Å²) in [5, 5.41) is 25.2. The number of fused-ring (bicyclic) bond motifs is 1. The fourth-order valence-corrected chi connectivity index (χ4v) is 2.70. The summed E-state index contributed by atoms with van der Waals surface area (Å²) in [6, 6.07) is 14.9. The van der Waals surface area contributed by atoms with E-state index in [9.17, 15) is 20.0 Å². The monoisotopic (exact) mass is 340 g/mol. The van der Waals surface area contributed by atoms with Gasteiger partial charge in [-0.05, 0) is 24.6 Å². The summed E-state index contributed by atoms with van der Waals surface area (Å²) in [6.07, 6.45) is -0.910. The quantitative estimate of drug-likeness (QED) is 0.420. The van der Waals surface area contributed by atoms with E-state index in [1.165, 1.54) is 0 Å². The van der Waals surface area contributed by atoms with E-state index >= 15 is 0 Å². The Morgan fingerprint density at radius 2 is 1.76 bits per heavy atom. The van der Waals surface area contributed by atoms with Crippen molar-refractivity contribution < 1.29 is 14.4 Å². The zero-order valence-electron chi connectivity index (χ0n) is 13.4. The topological polar surface area (TPSA) is 106 Å². The molecule has 0 saturated heterocycles. The number of aliphatic hydroxyl groups is 1. The van der Waals surface area contributed by atoms with Gasteiger partial charge in [0.05, 0.1) is 17.1 Å². The minimum Gasteiger partial charge on any atom is -0.418 e. The van der Waals surface area contributed by atoms with E-state index in [2.05, 4.69) is 5.32 Å². The molecule has 0 aliphatic carbocycles. The summed E-state index contributed by atoms with van der Waals surface area (Å²) in [6.45, 7) is 1.69. The molecule has 7 heteroatoms. The number of nitrogens with one attached hydrogen (secondary N) is 1. The largest absolute Gasteiger partial charge is 0.418 e.